The van der Waals surface area contributed by atoms with E-state index in [0.29, 0.717) is 12.8 Å². The van der Waals surface area contributed by atoms with Gasteiger partial charge in [-0.05, 0) is 49.1 Å². The molecule has 0 bridgehead atoms. The predicted octanol–water partition coefficient (Wildman–Crippen LogP) is 7.59. The van der Waals surface area contributed by atoms with E-state index in [4.69, 9.17) is 8.85 Å². The number of rotatable bonds is 12. The minimum Gasteiger partial charge on any atom is -0.519 e. The van der Waals surface area contributed by atoms with Gasteiger partial charge in [-0.15, -0.1) is 0 Å². The molecular formula is C23H48O4Si2. The Hall–Kier alpha value is -0.626. The van der Waals surface area contributed by atoms with E-state index in [1.165, 1.54) is 0 Å². The molecule has 0 saturated carbocycles. The van der Waals surface area contributed by atoms with Crippen LogP contribution in [-0.2, 0) is 18.4 Å². The van der Waals surface area contributed by atoms with Crippen molar-refractivity contribution in [1.82, 2.24) is 0 Å². The molecule has 172 valence electrons. The lowest BCUT2D eigenvalue weighted by molar-refractivity contribution is -0.136. The Balaban J connectivity index is 3.77. The predicted molar refractivity (Wildman–Crippen MR) is 128 cm³/mol. The fourth-order valence-electron chi connectivity index (χ4n) is 2.40. The van der Waals surface area contributed by atoms with Gasteiger partial charge in [-0.3, -0.25) is 9.59 Å². The van der Waals surface area contributed by atoms with Crippen molar-refractivity contribution in [3.05, 3.63) is 0 Å². The molecular weight excluding hydrogens is 396 g/mol. The number of carbonyl (C=O) groups is 2. The van der Waals surface area contributed by atoms with Crippen molar-refractivity contribution in [2.24, 2.45) is 0 Å². The Kier molecular flexibility index (Phi) is 11.4. The smallest absolute Gasteiger partial charge is 0.292 e. The molecule has 0 aliphatic heterocycles. The lowest BCUT2D eigenvalue weighted by Crippen LogP contribution is -2.42. The van der Waals surface area contributed by atoms with Gasteiger partial charge in [0.1, 0.15) is 0 Å². The van der Waals surface area contributed by atoms with Crippen LogP contribution in [0.1, 0.15) is 99.3 Å². The largest absolute Gasteiger partial charge is 0.519 e. The topological polar surface area (TPSA) is 52.6 Å². The molecule has 0 unspecified atom stereocenters. The van der Waals surface area contributed by atoms with Gasteiger partial charge >= 0.3 is 0 Å². The lowest BCUT2D eigenvalue weighted by Gasteiger charge is -2.35. The molecule has 0 aromatic heterocycles. The number of unbranched alkanes of at least 4 members (excludes halogenated alkanes) is 6. The summed E-state index contributed by atoms with van der Waals surface area (Å²) in [6.07, 6.45) is 8.47. The molecule has 4 nitrogen and oxygen atoms in total. The minimum absolute atomic E-state index is 0.0307. The van der Waals surface area contributed by atoms with E-state index in [1.54, 1.807) is 0 Å². The second kappa shape index (κ2) is 11.7. The summed E-state index contributed by atoms with van der Waals surface area (Å²) in [6.45, 7) is 21.4. The molecule has 0 aromatic rings. The van der Waals surface area contributed by atoms with Gasteiger partial charge in [-0.25, -0.2) is 0 Å². The fraction of sp³-hybridized carbons (Fsp3) is 0.913. The number of carbonyl (C=O) groups excluding carboxylic acids is 2. The van der Waals surface area contributed by atoms with E-state index in [2.05, 4.69) is 67.7 Å². The van der Waals surface area contributed by atoms with Crippen molar-refractivity contribution in [2.45, 2.75) is 136 Å². The van der Waals surface area contributed by atoms with Crippen molar-refractivity contribution < 1.29 is 18.4 Å². The van der Waals surface area contributed by atoms with Crippen molar-refractivity contribution in [1.29, 1.82) is 0 Å². The lowest BCUT2D eigenvalue weighted by atomic mass is 10.1. The molecule has 0 N–H and O–H groups in total. The molecule has 0 radical (unpaired) electrons. The van der Waals surface area contributed by atoms with Gasteiger partial charge in [0.25, 0.3) is 28.6 Å². The molecule has 0 saturated heterocycles. The van der Waals surface area contributed by atoms with Crippen LogP contribution in [0.2, 0.25) is 36.3 Å². The maximum Gasteiger partial charge on any atom is 0.292 e. The zero-order chi connectivity index (χ0) is 22.9. The number of hydrogen-bond donors (Lipinski definition) is 0. The van der Waals surface area contributed by atoms with Crippen LogP contribution in [0.5, 0.6) is 0 Å². The third-order valence-corrected chi connectivity index (χ3v) is 15.3. The van der Waals surface area contributed by atoms with Crippen molar-refractivity contribution in [2.75, 3.05) is 0 Å². The van der Waals surface area contributed by atoms with Crippen molar-refractivity contribution in [3.63, 3.8) is 0 Å². The van der Waals surface area contributed by atoms with Crippen LogP contribution in [0.3, 0.4) is 0 Å². The molecule has 0 atom stereocenters. The summed E-state index contributed by atoms with van der Waals surface area (Å²) < 4.78 is 11.6. The standard InChI is InChI=1S/C23H48O4Si2/c1-22(2,3)28(7,8)26-20(24)18-16-14-12-11-13-15-17-19-21(25)27-29(9,10)23(4,5)6/h11-19H2,1-10H3. The highest BCUT2D eigenvalue weighted by Crippen LogP contribution is 2.37. The molecule has 0 aliphatic carbocycles. The average Bonchev–Trinajstić information content (AvgIpc) is 2.50. The van der Waals surface area contributed by atoms with E-state index in [9.17, 15) is 9.59 Å². The minimum atomic E-state index is -1.98. The number of hydrogen-bond acceptors (Lipinski definition) is 4. The van der Waals surface area contributed by atoms with Gasteiger partial charge in [0, 0.05) is 12.8 Å². The SMILES string of the molecule is CC(C)(C)[Si](C)(C)OC(=O)CCCCCCCCCC(=O)O[Si](C)(C)C(C)(C)C. The first-order valence-corrected chi connectivity index (χ1v) is 17.2. The zero-order valence-electron chi connectivity index (χ0n) is 21.0. The van der Waals surface area contributed by atoms with E-state index in [0.717, 1.165) is 44.9 Å². The summed E-state index contributed by atoms with van der Waals surface area (Å²) in [7, 11) is -3.96. The summed E-state index contributed by atoms with van der Waals surface area (Å²) in [4.78, 5) is 24.2. The Bertz CT molecular complexity index is 468. The molecule has 0 spiro atoms. The fourth-order valence-corrected chi connectivity index (χ4v) is 4.35. The maximum atomic E-state index is 12.1. The van der Waals surface area contributed by atoms with Gasteiger partial charge in [0.2, 0.25) is 0 Å². The molecule has 0 fully saturated rings. The summed E-state index contributed by atoms with van der Waals surface area (Å²) in [5, 5.41) is 0.138. The molecule has 29 heavy (non-hydrogen) atoms. The van der Waals surface area contributed by atoms with Gasteiger partial charge in [-0.2, -0.15) is 0 Å². The average molecular weight is 445 g/mol. The molecule has 0 aliphatic rings. The first-order valence-electron chi connectivity index (χ1n) is 11.4. The van der Waals surface area contributed by atoms with Gasteiger partial charge < -0.3 is 8.85 Å². The Labute approximate surface area is 182 Å². The normalized spacial score (nSPS) is 13.3. The highest BCUT2D eigenvalue weighted by Gasteiger charge is 2.41. The van der Waals surface area contributed by atoms with E-state index in [1.807, 2.05) is 0 Å². The second-order valence-electron chi connectivity index (χ2n) is 11.4. The molecule has 0 amide bonds. The van der Waals surface area contributed by atoms with E-state index >= 15 is 0 Å². The maximum absolute atomic E-state index is 12.1. The first kappa shape index (κ1) is 28.4. The quantitative estimate of drug-likeness (QED) is 0.230. The van der Waals surface area contributed by atoms with Gasteiger partial charge in [0.05, 0.1) is 0 Å². The second-order valence-corrected chi connectivity index (χ2v) is 20.9. The van der Waals surface area contributed by atoms with Crippen LogP contribution in [0.25, 0.3) is 0 Å². The van der Waals surface area contributed by atoms with E-state index in [-0.39, 0.29) is 22.0 Å². The van der Waals surface area contributed by atoms with Crippen LogP contribution < -0.4 is 0 Å². The van der Waals surface area contributed by atoms with Crippen molar-refractivity contribution in [3.8, 4) is 0 Å². The van der Waals surface area contributed by atoms with Crippen LogP contribution in [0, 0.1) is 0 Å². The Morgan fingerprint density at radius 1 is 0.552 bits per heavy atom. The summed E-state index contributed by atoms with van der Waals surface area (Å²) >= 11 is 0. The van der Waals surface area contributed by atoms with Gasteiger partial charge in [-0.1, -0.05) is 73.6 Å². The van der Waals surface area contributed by atoms with Crippen LogP contribution >= 0.6 is 0 Å². The zero-order valence-corrected chi connectivity index (χ0v) is 23.0. The third-order valence-electron chi connectivity index (χ3n) is 6.61. The first-order chi connectivity index (χ1) is 13.0. The summed E-state index contributed by atoms with van der Waals surface area (Å²) in [5.74, 6) is -0.0614. The monoisotopic (exact) mass is 444 g/mol. The highest BCUT2D eigenvalue weighted by molar-refractivity contribution is 6.75. The van der Waals surface area contributed by atoms with Crippen LogP contribution in [0.15, 0.2) is 0 Å². The summed E-state index contributed by atoms with van der Waals surface area (Å²) in [5.41, 5.74) is 0. The van der Waals surface area contributed by atoms with Gasteiger partial charge in [0.15, 0.2) is 0 Å². The Morgan fingerprint density at radius 2 is 0.793 bits per heavy atom. The third kappa shape index (κ3) is 11.4. The van der Waals surface area contributed by atoms with Crippen LogP contribution in [0.4, 0.5) is 0 Å². The van der Waals surface area contributed by atoms with Crippen LogP contribution in [-0.4, -0.2) is 28.6 Å². The molecule has 6 heteroatoms. The summed E-state index contributed by atoms with van der Waals surface area (Å²) in [6, 6.07) is 0. The highest BCUT2D eigenvalue weighted by atomic mass is 28.4. The Morgan fingerprint density at radius 3 is 1.03 bits per heavy atom. The van der Waals surface area contributed by atoms with Crippen molar-refractivity contribution >= 4 is 28.6 Å². The molecule has 0 rings (SSSR count). The molecule has 0 aromatic carbocycles. The molecule has 0 heterocycles. The van der Waals surface area contributed by atoms with E-state index < -0.39 is 16.6 Å².